The number of aromatic amines is 1. The Labute approximate surface area is 174 Å². The van der Waals surface area contributed by atoms with Crippen molar-refractivity contribution >= 4 is 34.3 Å². The fourth-order valence-electron chi connectivity index (χ4n) is 4.54. The maximum absolute atomic E-state index is 13.2. The lowest BCUT2D eigenvalue weighted by molar-refractivity contribution is -0.136. The second kappa shape index (κ2) is 7.23. The predicted molar refractivity (Wildman–Crippen MR) is 112 cm³/mol. The number of H-pyrrole nitrogens is 1. The highest BCUT2D eigenvalue weighted by Crippen LogP contribution is 2.30. The molecule has 0 spiro atoms. The van der Waals surface area contributed by atoms with Crippen molar-refractivity contribution in [1.29, 1.82) is 0 Å². The second-order valence-electron chi connectivity index (χ2n) is 7.90. The number of para-hydroxylation sites is 1. The summed E-state index contributed by atoms with van der Waals surface area (Å²) in [5.74, 6) is -0.180. The van der Waals surface area contributed by atoms with Gasteiger partial charge in [0.1, 0.15) is 0 Å². The fraction of sp³-hybridized carbons (Fsp3) is 0.304. The monoisotopic (exact) mass is 407 g/mol. The molecule has 0 aliphatic carbocycles. The van der Waals surface area contributed by atoms with Gasteiger partial charge in [-0.2, -0.15) is 0 Å². The van der Waals surface area contributed by atoms with Crippen LogP contribution in [0.1, 0.15) is 23.2 Å². The SMILES string of the molecule is O=C1C[C@H](C(=O)N2CCc3[nH]c4ccccc4c3C2)CN1Cc1ccccc1Cl. The summed E-state index contributed by atoms with van der Waals surface area (Å²) in [4.78, 5) is 32.9. The van der Waals surface area contributed by atoms with Gasteiger partial charge in [-0.25, -0.2) is 0 Å². The van der Waals surface area contributed by atoms with Gasteiger partial charge in [-0.1, -0.05) is 48.0 Å². The van der Waals surface area contributed by atoms with E-state index in [9.17, 15) is 9.59 Å². The molecule has 1 atom stereocenters. The summed E-state index contributed by atoms with van der Waals surface area (Å²) in [7, 11) is 0. The quantitative estimate of drug-likeness (QED) is 0.718. The fourth-order valence-corrected chi connectivity index (χ4v) is 4.73. The molecule has 0 unspecified atom stereocenters. The zero-order valence-electron chi connectivity index (χ0n) is 16.0. The number of carbonyl (C=O) groups excluding carboxylic acids is 2. The van der Waals surface area contributed by atoms with Crippen LogP contribution in [0.25, 0.3) is 10.9 Å². The molecule has 5 rings (SSSR count). The summed E-state index contributed by atoms with van der Waals surface area (Å²) in [6, 6.07) is 15.8. The Bertz CT molecular complexity index is 1110. The van der Waals surface area contributed by atoms with Gasteiger partial charge in [-0.05, 0) is 17.7 Å². The topological polar surface area (TPSA) is 56.4 Å². The van der Waals surface area contributed by atoms with Crippen LogP contribution in [0.15, 0.2) is 48.5 Å². The number of halogens is 1. The molecule has 6 heteroatoms. The maximum Gasteiger partial charge on any atom is 0.228 e. The lowest BCUT2D eigenvalue weighted by Crippen LogP contribution is -2.40. The number of nitrogens with zero attached hydrogens (tertiary/aromatic N) is 2. The third kappa shape index (κ3) is 3.29. The Morgan fingerprint density at radius 2 is 1.93 bits per heavy atom. The number of likely N-dealkylation sites (tertiary alicyclic amines) is 1. The first-order valence-corrected chi connectivity index (χ1v) is 10.4. The molecular weight excluding hydrogens is 386 g/mol. The predicted octanol–water partition coefficient (Wildman–Crippen LogP) is 3.75. The van der Waals surface area contributed by atoms with Crippen molar-refractivity contribution in [3.63, 3.8) is 0 Å². The number of carbonyl (C=O) groups is 2. The van der Waals surface area contributed by atoms with Crippen molar-refractivity contribution < 1.29 is 9.59 Å². The standard InChI is InChI=1S/C23H22ClN3O2/c24-19-7-3-1-5-15(19)12-27-13-16(11-22(27)28)23(29)26-10-9-21-18(14-26)17-6-2-4-8-20(17)25-21/h1-8,16,25H,9-14H2/t16-/m0/s1. The number of fused-ring (bicyclic) bond motifs is 3. The number of hydrogen-bond donors (Lipinski definition) is 1. The van der Waals surface area contributed by atoms with E-state index in [0.717, 1.165) is 17.5 Å². The molecule has 5 nitrogen and oxygen atoms in total. The number of hydrogen-bond acceptors (Lipinski definition) is 2. The van der Waals surface area contributed by atoms with Gasteiger partial charge in [0, 0.05) is 66.2 Å². The van der Waals surface area contributed by atoms with Gasteiger partial charge in [0.15, 0.2) is 0 Å². The van der Waals surface area contributed by atoms with E-state index < -0.39 is 0 Å². The zero-order chi connectivity index (χ0) is 20.0. The molecule has 0 radical (unpaired) electrons. The van der Waals surface area contributed by atoms with Crippen LogP contribution in [0, 0.1) is 5.92 Å². The van der Waals surface area contributed by atoms with Crippen LogP contribution in [-0.2, 0) is 29.1 Å². The molecule has 29 heavy (non-hydrogen) atoms. The highest BCUT2D eigenvalue weighted by molar-refractivity contribution is 6.31. The first-order valence-electron chi connectivity index (χ1n) is 9.98. The molecule has 1 saturated heterocycles. The molecular formula is C23H22ClN3O2. The van der Waals surface area contributed by atoms with E-state index in [1.54, 1.807) is 4.90 Å². The largest absolute Gasteiger partial charge is 0.358 e. The number of benzene rings is 2. The van der Waals surface area contributed by atoms with Gasteiger partial charge >= 0.3 is 0 Å². The summed E-state index contributed by atoms with van der Waals surface area (Å²) in [5.41, 5.74) is 4.46. The Morgan fingerprint density at radius 3 is 2.79 bits per heavy atom. The van der Waals surface area contributed by atoms with Gasteiger partial charge in [0.05, 0.1) is 5.92 Å². The minimum absolute atomic E-state index is 0.0214. The molecule has 148 valence electrons. The molecule has 3 aromatic rings. The van der Waals surface area contributed by atoms with Gasteiger partial charge < -0.3 is 14.8 Å². The molecule has 1 N–H and O–H groups in total. The molecule has 2 aliphatic rings. The Morgan fingerprint density at radius 1 is 1.14 bits per heavy atom. The van der Waals surface area contributed by atoms with E-state index in [1.807, 2.05) is 41.3 Å². The molecule has 2 aromatic carbocycles. The van der Waals surface area contributed by atoms with Gasteiger partial charge in [0.25, 0.3) is 0 Å². The summed E-state index contributed by atoms with van der Waals surface area (Å²) < 4.78 is 0. The third-order valence-electron chi connectivity index (χ3n) is 6.08. The van der Waals surface area contributed by atoms with Crippen LogP contribution in [-0.4, -0.2) is 39.7 Å². The zero-order valence-corrected chi connectivity index (χ0v) is 16.8. The van der Waals surface area contributed by atoms with E-state index >= 15 is 0 Å². The van der Waals surface area contributed by atoms with Crippen LogP contribution in [0.5, 0.6) is 0 Å². The van der Waals surface area contributed by atoms with Crippen LogP contribution in [0.2, 0.25) is 5.02 Å². The average Bonchev–Trinajstić information content (AvgIpc) is 3.29. The normalized spacial score (nSPS) is 19.1. The summed E-state index contributed by atoms with van der Waals surface area (Å²) in [6.07, 6.45) is 1.10. The average molecular weight is 408 g/mol. The van der Waals surface area contributed by atoms with Crippen molar-refractivity contribution in [2.45, 2.75) is 25.9 Å². The molecule has 0 saturated carbocycles. The lowest BCUT2D eigenvalue weighted by Gasteiger charge is -2.29. The Hall–Kier alpha value is -2.79. The second-order valence-corrected chi connectivity index (χ2v) is 8.31. The highest BCUT2D eigenvalue weighted by atomic mass is 35.5. The molecule has 1 aromatic heterocycles. The first kappa shape index (κ1) is 18.3. The van der Waals surface area contributed by atoms with Crippen LogP contribution >= 0.6 is 11.6 Å². The highest BCUT2D eigenvalue weighted by Gasteiger charge is 2.37. The maximum atomic E-state index is 13.2. The van der Waals surface area contributed by atoms with E-state index in [1.165, 1.54) is 16.6 Å². The molecule has 3 heterocycles. The summed E-state index contributed by atoms with van der Waals surface area (Å²) in [6.45, 7) is 2.20. The number of aromatic nitrogens is 1. The van der Waals surface area contributed by atoms with Crippen molar-refractivity contribution in [1.82, 2.24) is 14.8 Å². The Kier molecular flexibility index (Phi) is 4.55. The number of rotatable bonds is 3. The van der Waals surface area contributed by atoms with Crippen molar-refractivity contribution in [3.8, 4) is 0 Å². The molecule has 2 aliphatic heterocycles. The molecule has 1 fully saturated rings. The van der Waals surface area contributed by atoms with Gasteiger partial charge in [0.2, 0.25) is 11.8 Å². The Balaban J connectivity index is 1.30. The summed E-state index contributed by atoms with van der Waals surface area (Å²) in [5, 5.41) is 1.83. The van der Waals surface area contributed by atoms with E-state index in [2.05, 4.69) is 17.1 Å². The minimum Gasteiger partial charge on any atom is -0.358 e. The smallest absolute Gasteiger partial charge is 0.228 e. The van der Waals surface area contributed by atoms with E-state index in [-0.39, 0.29) is 24.2 Å². The summed E-state index contributed by atoms with van der Waals surface area (Å²) >= 11 is 6.24. The van der Waals surface area contributed by atoms with Crippen molar-refractivity contribution in [2.75, 3.05) is 13.1 Å². The van der Waals surface area contributed by atoms with Gasteiger partial charge in [-0.3, -0.25) is 9.59 Å². The lowest BCUT2D eigenvalue weighted by atomic mass is 10.0. The number of nitrogens with one attached hydrogen (secondary N) is 1. The van der Waals surface area contributed by atoms with Gasteiger partial charge in [-0.15, -0.1) is 0 Å². The van der Waals surface area contributed by atoms with Crippen molar-refractivity contribution in [2.24, 2.45) is 5.92 Å². The molecule has 2 amide bonds. The van der Waals surface area contributed by atoms with Crippen LogP contribution in [0.4, 0.5) is 0 Å². The van der Waals surface area contributed by atoms with Crippen molar-refractivity contribution in [3.05, 3.63) is 70.4 Å². The van der Waals surface area contributed by atoms with E-state index in [4.69, 9.17) is 11.6 Å². The third-order valence-corrected chi connectivity index (χ3v) is 6.45. The van der Waals surface area contributed by atoms with E-state index in [0.29, 0.717) is 31.2 Å². The molecule has 0 bridgehead atoms. The van der Waals surface area contributed by atoms with Crippen LogP contribution < -0.4 is 0 Å². The minimum atomic E-state index is -0.281. The number of amides is 2. The first-order chi connectivity index (χ1) is 14.1. The van der Waals surface area contributed by atoms with Crippen LogP contribution in [0.3, 0.4) is 0 Å².